The molecule has 3 aromatic rings. The molecule has 0 radical (unpaired) electrons. The Balaban J connectivity index is 1.68. The van der Waals surface area contributed by atoms with Crippen LogP contribution in [0, 0.1) is 17.0 Å². The summed E-state index contributed by atoms with van der Waals surface area (Å²) in [7, 11) is 0. The SMILES string of the molecule is Cc1nccc([N+](=O)[O-])c1C(=O)Oc1ccc(OCc2ccncc2)cc1. The molecule has 8 heteroatoms. The maximum Gasteiger partial charge on any atom is 0.352 e. The van der Waals surface area contributed by atoms with Gasteiger partial charge in [-0.05, 0) is 48.9 Å². The zero-order chi connectivity index (χ0) is 19.2. The van der Waals surface area contributed by atoms with Crippen LogP contribution in [-0.2, 0) is 6.61 Å². The number of hydrogen-bond acceptors (Lipinski definition) is 7. The molecule has 0 spiro atoms. The zero-order valence-corrected chi connectivity index (χ0v) is 14.4. The number of nitro groups is 1. The summed E-state index contributed by atoms with van der Waals surface area (Å²) in [5.74, 6) is 0.00159. The Morgan fingerprint density at radius 3 is 2.37 bits per heavy atom. The molecule has 2 aromatic heterocycles. The second-order valence-electron chi connectivity index (χ2n) is 5.55. The highest BCUT2D eigenvalue weighted by Crippen LogP contribution is 2.24. The molecule has 0 unspecified atom stereocenters. The number of pyridine rings is 2. The van der Waals surface area contributed by atoms with Gasteiger partial charge in [0.25, 0.3) is 5.69 Å². The lowest BCUT2D eigenvalue weighted by Crippen LogP contribution is -2.13. The van der Waals surface area contributed by atoms with Crippen molar-refractivity contribution in [3.05, 3.63) is 88.0 Å². The van der Waals surface area contributed by atoms with Gasteiger partial charge >= 0.3 is 5.97 Å². The molecule has 0 aliphatic carbocycles. The van der Waals surface area contributed by atoms with Gasteiger partial charge in [-0.25, -0.2) is 4.79 Å². The summed E-state index contributed by atoms with van der Waals surface area (Å²) in [5, 5.41) is 11.1. The van der Waals surface area contributed by atoms with E-state index in [0.29, 0.717) is 12.4 Å². The first kappa shape index (κ1) is 18.0. The van der Waals surface area contributed by atoms with Gasteiger partial charge in [-0.3, -0.25) is 20.1 Å². The maximum absolute atomic E-state index is 12.4. The van der Waals surface area contributed by atoms with Crippen molar-refractivity contribution in [1.29, 1.82) is 0 Å². The summed E-state index contributed by atoms with van der Waals surface area (Å²) in [6.45, 7) is 1.89. The Labute approximate surface area is 154 Å². The van der Waals surface area contributed by atoms with Gasteiger partial charge in [0, 0.05) is 24.7 Å². The normalized spacial score (nSPS) is 10.3. The van der Waals surface area contributed by atoms with E-state index in [0.717, 1.165) is 5.56 Å². The predicted octanol–water partition coefficient (Wildman–Crippen LogP) is 3.49. The lowest BCUT2D eigenvalue weighted by atomic mass is 10.1. The zero-order valence-electron chi connectivity index (χ0n) is 14.4. The number of aromatic nitrogens is 2. The lowest BCUT2D eigenvalue weighted by Gasteiger charge is -2.09. The summed E-state index contributed by atoms with van der Waals surface area (Å²) in [4.78, 5) is 30.7. The summed E-state index contributed by atoms with van der Waals surface area (Å²) in [5.41, 5.74) is 0.691. The summed E-state index contributed by atoms with van der Waals surface area (Å²) < 4.78 is 10.9. The van der Waals surface area contributed by atoms with Crippen LogP contribution < -0.4 is 9.47 Å². The monoisotopic (exact) mass is 365 g/mol. The van der Waals surface area contributed by atoms with Crippen molar-refractivity contribution in [1.82, 2.24) is 9.97 Å². The van der Waals surface area contributed by atoms with Gasteiger partial charge in [0.1, 0.15) is 18.1 Å². The highest BCUT2D eigenvalue weighted by Gasteiger charge is 2.25. The third kappa shape index (κ3) is 4.43. The third-order valence-electron chi connectivity index (χ3n) is 3.71. The number of hydrogen-bond donors (Lipinski definition) is 0. The molecule has 0 bridgehead atoms. The van der Waals surface area contributed by atoms with Gasteiger partial charge < -0.3 is 9.47 Å². The van der Waals surface area contributed by atoms with Gasteiger partial charge in [-0.1, -0.05) is 0 Å². The predicted molar refractivity (Wildman–Crippen MR) is 95.6 cm³/mol. The second-order valence-corrected chi connectivity index (χ2v) is 5.55. The van der Waals surface area contributed by atoms with Gasteiger partial charge in [-0.15, -0.1) is 0 Å². The Morgan fingerprint density at radius 1 is 1.04 bits per heavy atom. The summed E-state index contributed by atoms with van der Waals surface area (Å²) >= 11 is 0. The van der Waals surface area contributed by atoms with Crippen molar-refractivity contribution in [2.45, 2.75) is 13.5 Å². The third-order valence-corrected chi connectivity index (χ3v) is 3.71. The second kappa shape index (κ2) is 8.05. The number of aryl methyl sites for hydroxylation is 1. The number of ether oxygens (including phenoxy) is 2. The molecule has 0 N–H and O–H groups in total. The molecule has 27 heavy (non-hydrogen) atoms. The van der Waals surface area contributed by atoms with Crippen molar-refractivity contribution < 1.29 is 19.2 Å². The van der Waals surface area contributed by atoms with E-state index in [1.165, 1.54) is 19.2 Å². The van der Waals surface area contributed by atoms with Crippen LogP contribution >= 0.6 is 0 Å². The first-order valence-corrected chi connectivity index (χ1v) is 7.98. The van der Waals surface area contributed by atoms with Gasteiger partial charge in [0.15, 0.2) is 5.56 Å². The van der Waals surface area contributed by atoms with Crippen LogP contribution in [0.15, 0.2) is 61.1 Å². The van der Waals surface area contributed by atoms with E-state index >= 15 is 0 Å². The largest absolute Gasteiger partial charge is 0.489 e. The quantitative estimate of drug-likeness (QED) is 0.285. The van der Waals surface area contributed by atoms with Gasteiger partial charge in [0.2, 0.25) is 0 Å². The number of carbonyl (C=O) groups is 1. The Hall–Kier alpha value is -3.81. The van der Waals surface area contributed by atoms with E-state index in [9.17, 15) is 14.9 Å². The fraction of sp³-hybridized carbons (Fsp3) is 0.105. The fourth-order valence-electron chi connectivity index (χ4n) is 2.36. The van der Waals surface area contributed by atoms with Crippen molar-refractivity contribution in [3.8, 4) is 11.5 Å². The van der Waals surface area contributed by atoms with E-state index < -0.39 is 10.9 Å². The average molecular weight is 365 g/mol. The molecule has 0 amide bonds. The molecule has 3 rings (SSSR count). The maximum atomic E-state index is 12.4. The smallest absolute Gasteiger partial charge is 0.352 e. The Morgan fingerprint density at radius 2 is 1.70 bits per heavy atom. The molecule has 1 aromatic carbocycles. The van der Waals surface area contributed by atoms with E-state index in [2.05, 4.69) is 9.97 Å². The fourth-order valence-corrected chi connectivity index (χ4v) is 2.36. The molecule has 0 saturated carbocycles. The molecule has 0 aliphatic rings. The van der Waals surface area contributed by atoms with Crippen LogP contribution in [0.1, 0.15) is 21.6 Å². The van der Waals surface area contributed by atoms with E-state index in [1.807, 2.05) is 12.1 Å². The molecule has 2 heterocycles. The first-order valence-electron chi connectivity index (χ1n) is 7.98. The highest BCUT2D eigenvalue weighted by molar-refractivity contribution is 5.96. The van der Waals surface area contributed by atoms with Crippen LogP contribution in [0.5, 0.6) is 11.5 Å². The number of benzene rings is 1. The van der Waals surface area contributed by atoms with Crippen molar-refractivity contribution >= 4 is 11.7 Å². The minimum Gasteiger partial charge on any atom is -0.489 e. The number of esters is 1. The number of nitrogens with zero attached hydrogens (tertiary/aromatic N) is 3. The first-order chi connectivity index (χ1) is 13.0. The number of carbonyl (C=O) groups excluding carboxylic acids is 1. The van der Waals surface area contributed by atoms with Crippen molar-refractivity contribution in [2.75, 3.05) is 0 Å². The molecule has 8 nitrogen and oxygen atoms in total. The van der Waals surface area contributed by atoms with Crippen LogP contribution in [0.4, 0.5) is 5.69 Å². The van der Waals surface area contributed by atoms with Gasteiger partial charge in [-0.2, -0.15) is 0 Å². The summed E-state index contributed by atoms with van der Waals surface area (Å²) in [6, 6.07) is 11.3. The standard InChI is InChI=1S/C19H15N3O5/c1-13-18(17(22(24)25)8-11-21-13)19(23)27-16-4-2-15(3-5-16)26-12-14-6-9-20-10-7-14/h2-11H,12H2,1H3. The highest BCUT2D eigenvalue weighted by atomic mass is 16.6. The summed E-state index contributed by atoms with van der Waals surface area (Å²) in [6.07, 6.45) is 4.64. The number of rotatable bonds is 6. The van der Waals surface area contributed by atoms with Crippen LogP contribution in [-0.4, -0.2) is 20.9 Å². The van der Waals surface area contributed by atoms with Gasteiger partial charge in [0.05, 0.1) is 10.6 Å². The molecule has 0 aliphatic heterocycles. The molecular weight excluding hydrogens is 350 g/mol. The average Bonchev–Trinajstić information content (AvgIpc) is 2.68. The molecular formula is C19H15N3O5. The van der Waals surface area contributed by atoms with E-state index in [1.54, 1.807) is 36.7 Å². The van der Waals surface area contributed by atoms with Crippen LogP contribution in [0.2, 0.25) is 0 Å². The Kier molecular flexibility index (Phi) is 5.36. The minimum atomic E-state index is -0.835. The van der Waals surface area contributed by atoms with Crippen molar-refractivity contribution in [3.63, 3.8) is 0 Å². The van der Waals surface area contributed by atoms with Crippen LogP contribution in [0.3, 0.4) is 0 Å². The lowest BCUT2D eigenvalue weighted by molar-refractivity contribution is -0.385. The topological polar surface area (TPSA) is 104 Å². The van der Waals surface area contributed by atoms with E-state index in [4.69, 9.17) is 9.47 Å². The van der Waals surface area contributed by atoms with Crippen LogP contribution in [0.25, 0.3) is 0 Å². The molecule has 0 saturated heterocycles. The van der Waals surface area contributed by atoms with E-state index in [-0.39, 0.29) is 22.7 Å². The minimum absolute atomic E-state index is 0.166. The molecule has 0 atom stereocenters. The molecule has 0 fully saturated rings. The Bertz CT molecular complexity index is 959. The molecule has 136 valence electrons. The van der Waals surface area contributed by atoms with Crippen molar-refractivity contribution in [2.24, 2.45) is 0 Å².